The van der Waals surface area contributed by atoms with Gasteiger partial charge in [0, 0.05) is 5.38 Å². The third kappa shape index (κ3) is 7.14. The molecule has 0 bridgehead atoms. The fourth-order valence-electron chi connectivity index (χ4n) is 3.91. The Morgan fingerprint density at radius 1 is 0.844 bits per heavy atom. The molecule has 2 heterocycles. The molecule has 6 heteroatoms. The number of rotatable bonds is 15. The van der Waals surface area contributed by atoms with Gasteiger partial charge in [-0.05, 0) is 52.4 Å². The molecule has 1 aliphatic heterocycles. The molecule has 2 unspecified atom stereocenters. The predicted molar refractivity (Wildman–Crippen MR) is 138 cm³/mol. The van der Waals surface area contributed by atoms with E-state index < -0.39 is 7.12 Å². The minimum absolute atomic E-state index is 0.375. The molecule has 0 aromatic carbocycles. The molecule has 184 valence electrons. The first-order valence-electron chi connectivity index (χ1n) is 12.9. The molecule has 0 aliphatic carbocycles. The zero-order valence-corrected chi connectivity index (χ0v) is 22.7. The zero-order valence-electron chi connectivity index (χ0n) is 21.9. The van der Waals surface area contributed by atoms with Crippen LogP contribution in [0.15, 0.2) is 5.38 Å². The summed E-state index contributed by atoms with van der Waals surface area (Å²) in [6, 6.07) is 0. The standard InChI is InChI=1S/C26H47BO4S/c1-9-13-15-20(11-3)17-28-22-19-32-24(27-30-25(5,6)26(7,8)31-27)23(22)29-18-21(12-4)16-14-10-2/h19-21H,9-18H2,1-8H3. The molecule has 2 rings (SSSR count). The first-order valence-corrected chi connectivity index (χ1v) is 13.8. The van der Waals surface area contributed by atoms with Gasteiger partial charge in [-0.1, -0.05) is 66.2 Å². The monoisotopic (exact) mass is 466 g/mol. The van der Waals surface area contributed by atoms with Crippen LogP contribution in [0.5, 0.6) is 11.5 Å². The summed E-state index contributed by atoms with van der Waals surface area (Å²) >= 11 is 1.63. The van der Waals surface area contributed by atoms with Gasteiger partial charge in [0.15, 0.2) is 11.5 Å². The Bertz CT molecular complexity index is 657. The zero-order chi connectivity index (χ0) is 23.8. The van der Waals surface area contributed by atoms with Gasteiger partial charge < -0.3 is 18.8 Å². The minimum Gasteiger partial charge on any atom is -0.489 e. The van der Waals surface area contributed by atoms with Crippen LogP contribution in [0.2, 0.25) is 0 Å². The van der Waals surface area contributed by atoms with Gasteiger partial charge in [-0.15, -0.1) is 11.3 Å². The van der Waals surface area contributed by atoms with Crippen molar-refractivity contribution in [2.45, 2.75) is 118 Å². The largest absolute Gasteiger partial charge is 0.509 e. The van der Waals surface area contributed by atoms with Crippen molar-refractivity contribution in [1.29, 1.82) is 0 Å². The predicted octanol–water partition coefficient (Wildman–Crippen LogP) is 7.24. The lowest BCUT2D eigenvalue weighted by Gasteiger charge is -2.32. The van der Waals surface area contributed by atoms with E-state index >= 15 is 0 Å². The van der Waals surface area contributed by atoms with Gasteiger partial charge in [0.2, 0.25) is 0 Å². The lowest BCUT2D eigenvalue weighted by Crippen LogP contribution is -2.41. The van der Waals surface area contributed by atoms with Crippen LogP contribution in [0.3, 0.4) is 0 Å². The quantitative estimate of drug-likeness (QED) is 0.255. The Kier molecular flexibility index (Phi) is 10.9. The highest BCUT2D eigenvalue weighted by atomic mass is 32.1. The second-order valence-electron chi connectivity index (χ2n) is 10.3. The maximum Gasteiger partial charge on any atom is 0.509 e. The van der Waals surface area contributed by atoms with Gasteiger partial charge in [-0.3, -0.25) is 0 Å². The molecule has 1 aliphatic rings. The Hall–Kier alpha value is -0.715. The Labute approximate surface area is 201 Å². The van der Waals surface area contributed by atoms with E-state index in [2.05, 4.69) is 60.8 Å². The Morgan fingerprint density at radius 3 is 1.81 bits per heavy atom. The molecule has 1 aromatic rings. The van der Waals surface area contributed by atoms with Crippen LogP contribution in [0, 0.1) is 11.8 Å². The molecular formula is C26H47BO4S. The molecule has 0 spiro atoms. The van der Waals surface area contributed by atoms with Crippen LogP contribution in [-0.4, -0.2) is 31.5 Å². The van der Waals surface area contributed by atoms with E-state index in [0.717, 1.165) is 35.7 Å². The number of hydrogen-bond acceptors (Lipinski definition) is 5. The van der Waals surface area contributed by atoms with Crippen LogP contribution in [0.4, 0.5) is 0 Å². The van der Waals surface area contributed by atoms with Crippen LogP contribution in [-0.2, 0) is 9.31 Å². The average molecular weight is 467 g/mol. The van der Waals surface area contributed by atoms with E-state index in [1.807, 2.05) is 0 Å². The maximum absolute atomic E-state index is 6.48. The van der Waals surface area contributed by atoms with Crippen LogP contribution in [0.1, 0.15) is 107 Å². The molecule has 1 aromatic heterocycles. The molecule has 0 N–H and O–H groups in total. The fraction of sp³-hybridized carbons (Fsp3) is 0.846. The third-order valence-electron chi connectivity index (χ3n) is 7.23. The van der Waals surface area contributed by atoms with Crippen molar-refractivity contribution in [3.8, 4) is 11.5 Å². The molecule has 1 saturated heterocycles. The highest BCUT2D eigenvalue weighted by molar-refractivity contribution is 7.21. The van der Waals surface area contributed by atoms with Crippen molar-refractivity contribution in [3.05, 3.63) is 5.38 Å². The first kappa shape index (κ1) is 27.5. The van der Waals surface area contributed by atoms with Crippen molar-refractivity contribution in [2.24, 2.45) is 11.8 Å². The molecular weight excluding hydrogens is 419 g/mol. The molecule has 0 amide bonds. The number of hydrogen-bond donors (Lipinski definition) is 0. The summed E-state index contributed by atoms with van der Waals surface area (Å²) < 4.78 is 26.5. The highest BCUT2D eigenvalue weighted by Gasteiger charge is 2.53. The van der Waals surface area contributed by atoms with Gasteiger partial charge >= 0.3 is 7.12 Å². The number of ether oxygens (including phenoxy) is 2. The molecule has 0 saturated carbocycles. The number of unbranched alkanes of at least 4 members (excludes halogenated alkanes) is 2. The second kappa shape index (κ2) is 12.7. The smallest absolute Gasteiger partial charge is 0.489 e. The van der Waals surface area contributed by atoms with Crippen LogP contribution in [0.25, 0.3) is 0 Å². The highest BCUT2D eigenvalue weighted by Crippen LogP contribution is 2.40. The summed E-state index contributed by atoms with van der Waals surface area (Å²) in [7, 11) is -0.421. The van der Waals surface area contributed by atoms with E-state index in [1.165, 1.54) is 38.5 Å². The van der Waals surface area contributed by atoms with Crippen molar-refractivity contribution >= 4 is 23.2 Å². The van der Waals surface area contributed by atoms with Gasteiger partial charge in [0.05, 0.1) is 29.2 Å². The van der Waals surface area contributed by atoms with Crippen molar-refractivity contribution in [1.82, 2.24) is 0 Å². The second-order valence-corrected chi connectivity index (χ2v) is 11.2. The fourth-order valence-corrected chi connectivity index (χ4v) is 4.79. The summed E-state index contributed by atoms with van der Waals surface area (Å²) in [6.07, 6.45) is 9.63. The lowest BCUT2D eigenvalue weighted by molar-refractivity contribution is 0.00578. The van der Waals surface area contributed by atoms with Crippen molar-refractivity contribution in [2.75, 3.05) is 13.2 Å². The third-order valence-corrected chi connectivity index (χ3v) is 8.20. The summed E-state index contributed by atoms with van der Waals surface area (Å²) in [5.41, 5.74) is -0.749. The van der Waals surface area contributed by atoms with Gasteiger partial charge in [0.25, 0.3) is 0 Å². The summed E-state index contributed by atoms with van der Waals surface area (Å²) in [5, 5.41) is 2.08. The van der Waals surface area contributed by atoms with E-state index in [9.17, 15) is 0 Å². The van der Waals surface area contributed by atoms with Crippen molar-refractivity contribution < 1.29 is 18.8 Å². The Morgan fingerprint density at radius 2 is 1.34 bits per heavy atom. The minimum atomic E-state index is -0.421. The normalized spacial score (nSPS) is 19.2. The molecule has 32 heavy (non-hydrogen) atoms. The first-order chi connectivity index (χ1) is 15.2. The number of thiophene rings is 1. The van der Waals surface area contributed by atoms with Crippen molar-refractivity contribution in [3.63, 3.8) is 0 Å². The van der Waals surface area contributed by atoms with Gasteiger partial charge in [-0.2, -0.15) is 0 Å². The van der Waals surface area contributed by atoms with Crippen LogP contribution >= 0.6 is 11.3 Å². The summed E-state index contributed by atoms with van der Waals surface area (Å²) in [5.74, 6) is 2.81. The van der Waals surface area contributed by atoms with Gasteiger partial charge in [-0.25, -0.2) is 0 Å². The van der Waals surface area contributed by atoms with E-state index in [4.69, 9.17) is 18.8 Å². The summed E-state index contributed by atoms with van der Waals surface area (Å²) in [6.45, 7) is 18.8. The average Bonchev–Trinajstić information content (AvgIpc) is 3.25. The van der Waals surface area contributed by atoms with E-state index in [1.54, 1.807) is 11.3 Å². The van der Waals surface area contributed by atoms with Crippen LogP contribution < -0.4 is 14.3 Å². The lowest BCUT2D eigenvalue weighted by atomic mass is 9.87. The molecule has 0 radical (unpaired) electrons. The molecule has 2 atom stereocenters. The molecule has 4 nitrogen and oxygen atoms in total. The Balaban J connectivity index is 2.20. The SMILES string of the molecule is CCCCC(CC)COc1csc(B2OC(C)(C)C(C)(C)O2)c1OCC(CC)CCCC. The summed E-state index contributed by atoms with van der Waals surface area (Å²) in [4.78, 5) is 0. The van der Waals surface area contributed by atoms with Gasteiger partial charge in [0.1, 0.15) is 0 Å². The topological polar surface area (TPSA) is 36.9 Å². The molecule has 1 fully saturated rings. The van der Waals surface area contributed by atoms with E-state index in [0.29, 0.717) is 18.4 Å². The maximum atomic E-state index is 6.48. The van der Waals surface area contributed by atoms with E-state index in [-0.39, 0.29) is 11.2 Å².